The van der Waals surface area contributed by atoms with Gasteiger partial charge in [0, 0.05) is 10.6 Å². The van der Waals surface area contributed by atoms with Gasteiger partial charge in [0.05, 0.1) is 35.5 Å². The van der Waals surface area contributed by atoms with E-state index in [0.717, 1.165) is 17.5 Å². The SMILES string of the molecule is CCCCOc1ccc(C2C(=C(O)c3ccccc3)C(=O)C(=O)N2c2nc3ccc(Cl)cc3s2)cc1OC. The molecule has 1 saturated heterocycles. The van der Waals surface area contributed by atoms with Crippen molar-refractivity contribution in [1.82, 2.24) is 4.98 Å². The molecule has 194 valence electrons. The van der Waals surface area contributed by atoms with E-state index in [-0.39, 0.29) is 11.3 Å². The van der Waals surface area contributed by atoms with E-state index in [1.165, 1.54) is 23.3 Å². The first-order valence-electron chi connectivity index (χ1n) is 12.2. The van der Waals surface area contributed by atoms with Gasteiger partial charge in [0.15, 0.2) is 16.6 Å². The normalized spacial score (nSPS) is 16.8. The third kappa shape index (κ3) is 4.73. The summed E-state index contributed by atoms with van der Waals surface area (Å²) >= 11 is 7.41. The Morgan fingerprint density at radius 3 is 2.61 bits per heavy atom. The van der Waals surface area contributed by atoms with Crippen LogP contribution in [0.15, 0.2) is 72.3 Å². The van der Waals surface area contributed by atoms with Gasteiger partial charge in [-0.1, -0.05) is 72.7 Å². The average Bonchev–Trinajstić information content (AvgIpc) is 3.46. The number of benzene rings is 3. The molecule has 1 aliphatic heterocycles. The number of aliphatic hydroxyl groups excluding tert-OH is 1. The lowest BCUT2D eigenvalue weighted by molar-refractivity contribution is -0.132. The minimum atomic E-state index is -0.940. The van der Waals surface area contributed by atoms with Crippen LogP contribution in [0.1, 0.15) is 36.9 Å². The molecule has 0 aliphatic carbocycles. The van der Waals surface area contributed by atoms with E-state index in [9.17, 15) is 14.7 Å². The molecule has 1 atom stereocenters. The Morgan fingerprint density at radius 1 is 1.08 bits per heavy atom. The number of unbranched alkanes of at least 4 members (excludes halogenated alkanes) is 1. The van der Waals surface area contributed by atoms with Crippen molar-refractivity contribution >= 4 is 55.7 Å². The monoisotopic (exact) mass is 548 g/mol. The van der Waals surface area contributed by atoms with Crippen molar-refractivity contribution in [2.24, 2.45) is 0 Å². The van der Waals surface area contributed by atoms with Gasteiger partial charge in [0.2, 0.25) is 0 Å². The zero-order valence-electron chi connectivity index (χ0n) is 20.8. The number of carbonyl (C=O) groups is 2. The van der Waals surface area contributed by atoms with E-state index in [1.54, 1.807) is 66.7 Å². The summed E-state index contributed by atoms with van der Waals surface area (Å²) < 4.78 is 12.2. The molecule has 3 aromatic carbocycles. The van der Waals surface area contributed by atoms with Crippen LogP contribution in [-0.2, 0) is 9.59 Å². The molecule has 1 aromatic heterocycles. The summed E-state index contributed by atoms with van der Waals surface area (Å²) in [6.45, 7) is 2.61. The number of thiazole rings is 1. The van der Waals surface area contributed by atoms with Crippen molar-refractivity contribution in [1.29, 1.82) is 0 Å². The van der Waals surface area contributed by atoms with Gasteiger partial charge in [0.1, 0.15) is 5.76 Å². The van der Waals surface area contributed by atoms with Gasteiger partial charge in [-0.3, -0.25) is 14.5 Å². The van der Waals surface area contributed by atoms with Crippen LogP contribution in [0.4, 0.5) is 5.13 Å². The van der Waals surface area contributed by atoms with E-state index in [4.69, 9.17) is 21.1 Å². The van der Waals surface area contributed by atoms with Gasteiger partial charge < -0.3 is 14.6 Å². The number of anilines is 1. The maximum atomic E-state index is 13.5. The van der Waals surface area contributed by atoms with Crippen LogP contribution in [-0.4, -0.2) is 35.5 Å². The molecule has 4 aromatic rings. The molecule has 0 radical (unpaired) electrons. The molecule has 1 amide bonds. The molecule has 1 N–H and O–H groups in total. The molecule has 1 fully saturated rings. The van der Waals surface area contributed by atoms with Crippen LogP contribution in [0.2, 0.25) is 5.02 Å². The minimum Gasteiger partial charge on any atom is -0.507 e. The number of fused-ring (bicyclic) bond motifs is 1. The standard InChI is InChI=1S/C29H25ClN2O5S/c1-3-4-14-37-21-13-10-18(15-22(21)36-2)25-24(26(33)17-8-6-5-7-9-17)27(34)28(35)32(25)29-31-20-12-11-19(30)16-23(20)38-29/h5-13,15-16,25,33H,3-4,14H2,1-2H3. The average molecular weight is 549 g/mol. The maximum Gasteiger partial charge on any atom is 0.301 e. The second-order valence-electron chi connectivity index (χ2n) is 8.76. The summed E-state index contributed by atoms with van der Waals surface area (Å²) in [5.41, 5.74) is 1.62. The Kier molecular flexibility index (Phi) is 7.35. The summed E-state index contributed by atoms with van der Waals surface area (Å²) in [4.78, 5) is 32.9. The highest BCUT2D eigenvalue weighted by atomic mass is 35.5. The second kappa shape index (κ2) is 10.8. The van der Waals surface area contributed by atoms with Gasteiger partial charge >= 0.3 is 5.91 Å². The molecule has 5 rings (SSSR count). The number of ether oxygens (including phenoxy) is 2. The van der Waals surface area contributed by atoms with Gasteiger partial charge in [-0.2, -0.15) is 0 Å². The molecule has 0 saturated carbocycles. The number of ketones is 1. The fourth-order valence-electron chi connectivity index (χ4n) is 4.39. The molecular formula is C29H25ClN2O5S. The molecule has 38 heavy (non-hydrogen) atoms. The Bertz CT molecular complexity index is 1550. The number of carbonyl (C=O) groups excluding carboxylic acids is 2. The van der Waals surface area contributed by atoms with Crippen LogP contribution in [0, 0.1) is 0 Å². The Hall–Kier alpha value is -3.88. The number of rotatable bonds is 8. The predicted octanol–water partition coefficient (Wildman–Crippen LogP) is 6.76. The maximum absolute atomic E-state index is 13.5. The number of aromatic nitrogens is 1. The van der Waals surface area contributed by atoms with Crippen molar-refractivity contribution in [3.05, 3.63) is 88.5 Å². The van der Waals surface area contributed by atoms with Gasteiger partial charge in [-0.15, -0.1) is 0 Å². The number of halogens is 1. The molecule has 0 bridgehead atoms. The lowest BCUT2D eigenvalue weighted by Crippen LogP contribution is -2.29. The molecular weight excluding hydrogens is 524 g/mol. The number of Topliss-reactive ketones (excluding diaryl/α,β-unsaturated/α-hetero) is 1. The Morgan fingerprint density at radius 2 is 1.87 bits per heavy atom. The number of hydrogen-bond acceptors (Lipinski definition) is 7. The number of hydrogen-bond donors (Lipinski definition) is 1. The van der Waals surface area contributed by atoms with Gasteiger partial charge in [-0.05, 0) is 42.3 Å². The number of amides is 1. The van der Waals surface area contributed by atoms with Gasteiger partial charge in [-0.25, -0.2) is 4.98 Å². The fraction of sp³-hybridized carbons (Fsp3) is 0.207. The van der Waals surface area contributed by atoms with Crippen molar-refractivity contribution in [3.8, 4) is 11.5 Å². The first-order chi connectivity index (χ1) is 18.4. The van der Waals surface area contributed by atoms with Crippen molar-refractivity contribution in [2.75, 3.05) is 18.6 Å². The Labute approximate surface area is 228 Å². The predicted molar refractivity (Wildman–Crippen MR) is 149 cm³/mol. The number of nitrogens with zero attached hydrogens (tertiary/aromatic N) is 2. The number of methoxy groups -OCH3 is 1. The van der Waals surface area contributed by atoms with Crippen molar-refractivity contribution < 1.29 is 24.2 Å². The first kappa shape index (κ1) is 25.8. The third-order valence-corrected chi connectivity index (χ3v) is 7.55. The van der Waals surface area contributed by atoms with Crippen LogP contribution in [0.25, 0.3) is 16.0 Å². The van der Waals surface area contributed by atoms with Crippen molar-refractivity contribution in [3.63, 3.8) is 0 Å². The van der Waals surface area contributed by atoms with Gasteiger partial charge in [0.25, 0.3) is 5.78 Å². The topological polar surface area (TPSA) is 89.0 Å². The lowest BCUT2D eigenvalue weighted by atomic mass is 9.95. The van der Waals surface area contributed by atoms with E-state index in [2.05, 4.69) is 11.9 Å². The summed E-state index contributed by atoms with van der Waals surface area (Å²) in [6, 6.07) is 18.2. The third-order valence-electron chi connectivity index (χ3n) is 6.30. The Balaban J connectivity index is 1.68. The zero-order valence-corrected chi connectivity index (χ0v) is 22.4. The first-order valence-corrected chi connectivity index (χ1v) is 13.4. The van der Waals surface area contributed by atoms with E-state index < -0.39 is 17.7 Å². The van der Waals surface area contributed by atoms with Crippen LogP contribution in [0.3, 0.4) is 0 Å². The fourth-order valence-corrected chi connectivity index (χ4v) is 5.65. The van der Waals surface area contributed by atoms with Crippen LogP contribution < -0.4 is 14.4 Å². The highest BCUT2D eigenvalue weighted by molar-refractivity contribution is 7.22. The molecule has 9 heteroatoms. The minimum absolute atomic E-state index is 0.0276. The van der Waals surface area contributed by atoms with E-state index >= 15 is 0 Å². The van der Waals surface area contributed by atoms with Crippen molar-refractivity contribution in [2.45, 2.75) is 25.8 Å². The highest BCUT2D eigenvalue weighted by Crippen LogP contribution is 2.46. The molecule has 2 heterocycles. The van der Waals surface area contributed by atoms with E-state index in [0.29, 0.717) is 44.9 Å². The smallest absolute Gasteiger partial charge is 0.301 e. The summed E-state index contributed by atoms with van der Waals surface area (Å²) in [6.07, 6.45) is 1.88. The highest BCUT2D eigenvalue weighted by Gasteiger charge is 2.48. The lowest BCUT2D eigenvalue weighted by Gasteiger charge is -2.24. The molecule has 1 aliphatic rings. The molecule has 0 spiro atoms. The summed E-state index contributed by atoms with van der Waals surface area (Å²) in [7, 11) is 1.53. The molecule has 7 nitrogen and oxygen atoms in total. The molecule has 1 unspecified atom stereocenters. The summed E-state index contributed by atoms with van der Waals surface area (Å²) in [5, 5.41) is 12.2. The zero-order chi connectivity index (χ0) is 26.8. The largest absolute Gasteiger partial charge is 0.507 e. The second-order valence-corrected chi connectivity index (χ2v) is 10.2. The van der Waals surface area contributed by atoms with Crippen LogP contribution >= 0.6 is 22.9 Å². The van der Waals surface area contributed by atoms with Crippen LogP contribution in [0.5, 0.6) is 11.5 Å². The quantitative estimate of drug-likeness (QED) is 0.113. The van der Waals surface area contributed by atoms with E-state index in [1.807, 2.05) is 0 Å². The summed E-state index contributed by atoms with van der Waals surface area (Å²) in [5.74, 6) is -0.821. The number of aliphatic hydroxyl groups is 1.